The van der Waals surface area contributed by atoms with E-state index in [1.807, 2.05) is 0 Å². The molecule has 2 rings (SSSR count). The lowest BCUT2D eigenvalue weighted by molar-refractivity contribution is 0.145. The van der Waals surface area contributed by atoms with Crippen LogP contribution in [-0.2, 0) is 6.54 Å². The molecule has 4 heteroatoms. The largest absolute Gasteiger partial charge is 0.314 e. The van der Waals surface area contributed by atoms with Gasteiger partial charge in [-0.3, -0.25) is 4.90 Å². The highest BCUT2D eigenvalue weighted by atomic mass is 32.1. The summed E-state index contributed by atoms with van der Waals surface area (Å²) >= 11 is 1.75. The molecule has 0 spiro atoms. The maximum atomic E-state index is 4.52. The minimum Gasteiger partial charge on any atom is -0.314 e. The number of thiazole rings is 1. The summed E-state index contributed by atoms with van der Waals surface area (Å²) in [6, 6.07) is 0. The second kappa shape index (κ2) is 4.82. The lowest BCUT2D eigenvalue weighted by Crippen LogP contribution is -2.49. The van der Waals surface area contributed by atoms with Crippen molar-refractivity contribution in [3.63, 3.8) is 0 Å². The summed E-state index contributed by atoms with van der Waals surface area (Å²) in [5.41, 5.74) is 1.57. The van der Waals surface area contributed by atoms with Crippen molar-refractivity contribution in [3.05, 3.63) is 16.1 Å². The van der Waals surface area contributed by atoms with Gasteiger partial charge in [0.2, 0.25) is 0 Å². The van der Waals surface area contributed by atoms with Crippen LogP contribution in [0.15, 0.2) is 5.38 Å². The zero-order valence-corrected chi connectivity index (χ0v) is 11.2. The molecule has 3 nitrogen and oxygen atoms in total. The minimum atomic E-state index is 0.342. The second-order valence-electron chi connectivity index (χ2n) is 4.94. The van der Waals surface area contributed by atoms with Crippen LogP contribution in [0.5, 0.6) is 0 Å². The van der Waals surface area contributed by atoms with Gasteiger partial charge in [-0.25, -0.2) is 4.98 Å². The molecule has 0 amide bonds. The topological polar surface area (TPSA) is 28.2 Å². The number of likely N-dealkylation sites (tertiary alicyclic amines) is 1. The van der Waals surface area contributed by atoms with Crippen LogP contribution in [-0.4, -0.2) is 35.6 Å². The van der Waals surface area contributed by atoms with E-state index in [-0.39, 0.29) is 0 Å². The summed E-state index contributed by atoms with van der Waals surface area (Å²) < 4.78 is 0. The third kappa shape index (κ3) is 2.81. The summed E-state index contributed by atoms with van der Waals surface area (Å²) in [6.07, 6.45) is 2.46. The fourth-order valence-corrected chi connectivity index (χ4v) is 2.77. The van der Waals surface area contributed by atoms with Gasteiger partial charge < -0.3 is 5.32 Å². The van der Waals surface area contributed by atoms with Gasteiger partial charge in [0.1, 0.15) is 0 Å². The van der Waals surface area contributed by atoms with E-state index in [0.29, 0.717) is 5.54 Å². The van der Waals surface area contributed by atoms with Crippen molar-refractivity contribution in [2.24, 2.45) is 0 Å². The van der Waals surface area contributed by atoms with E-state index in [0.717, 1.165) is 6.54 Å². The maximum absolute atomic E-state index is 4.52. The Hall–Kier alpha value is -0.450. The molecule has 0 unspecified atom stereocenters. The molecule has 1 aliphatic rings. The average Bonchev–Trinajstić information content (AvgIpc) is 2.68. The molecule has 0 atom stereocenters. The average molecular weight is 239 g/mol. The van der Waals surface area contributed by atoms with Crippen LogP contribution >= 0.6 is 11.3 Å². The van der Waals surface area contributed by atoms with E-state index >= 15 is 0 Å². The number of aryl methyl sites for hydroxylation is 1. The number of piperidine rings is 1. The van der Waals surface area contributed by atoms with Crippen LogP contribution in [0.3, 0.4) is 0 Å². The van der Waals surface area contributed by atoms with Crippen molar-refractivity contribution in [1.82, 2.24) is 15.2 Å². The van der Waals surface area contributed by atoms with Crippen molar-refractivity contribution in [3.8, 4) is 0 Å². The van der Waals surface area contributed by atoms with Crippen molar-refractivity contribution in [2.75, 3.05) is 20.1 Å². The fraction of sp³-hybridized carbons (Fsp3) is 0.750. The molecule has 1 saturated heterocycles. The molecular formula is C12H21N3S. The molecule has 2 heterocycles. The summed E-state index contributed by atoms with van der Waals surface area (Å²) in [5, 5.41) is 6.78. The monoisotopic (exact) mass is 239 g/mol. The lowest BCUT2D eigenvalue weighted by atomic mass is 9.90. The van der Waals surface area contributed by atoms with E-state index in [1.54, 1.807) is 11.3 Å². The Morgan fingerprint density at radius 1 is 1.50 bits per heavy atom. The summed E-state index contributed by atoms with van der Waals surface area (Å²) in [6.45, 7) is 7.76. The van der Waals surface area contributed by atoms with E-state index < -0.39 is 0 Å². The Bertz CT molecular complexity index is 340. The van der Waals surface area contributed by atoms with Gasteiger partial charge >= 0.3 is 0 Å². The van der Waals surface area contributed by atoms with Gasteiger partial charge in [0.05, 0.1) is 10.7 Å². The number of hydrogen-bond donors (Lipinski definition) is 1. The summed E-state index contributed by atoms with van der Waals surface area (Å²) in [5.74, 6) is 0. The Balaban J connectivity index is 1.86. The first-order valence-corrected chi connectivity index (χ1v) is 6.81. The van der Waals surface area contributed by atoms with Crippen LogP contribution in [0.4, 0.5) is 0 Å². The number of hydrogen-bond acceptors (Lipinski definition) is 4. The van der Waals surface area contributed by atoms with E-state index in [1.165, 1.54) is 36.6 Å². The van der Waals surface area contributed by atoms with Crippen LogP contribution in [0.25, 0.3) is 0 Å². The van der Waals surface area contributed by atoms with Gasteiger partial charge in [-0.05, 0) is 33.7 Å². The van der Waals surface area contributed by atoms with Crippen LogP contribution in [0.1, 0.15) is 30.5 Å². The fourth-order valence-electron chi connectivity index (χ4n) is 2.16. The summed E-state index contributed by atoms with van der Waals surface area (Å²) in [4.78, 5) is 7.03. The number of nitrogens with zero attached hydrogens (tertiary/aromatic N) is 2. The van der Waals surface area contributed by atoms with E-state index in [4.69, 9.17) is 0 Å². The standard InChI is InChI=1S/C12H21N3S/c1-10-14-11(9-16-10)8-15-6-4-12(2,13-3)5-7-15/h9,13H,4-8H2,1-3H3. The van der Waals surface area contributed by atoms with E-state index in [2.05, 4.69) is 41.5 Å². The normalized spacial score (nSPS) is 21.2. The molecule has 0 aliphatic carbocycles. The van der Waals surface area contributed by atoms with Gasteiger partial charge in [0, 0.05) is 30.6 Å². The predicted octanol–water partition coefficient (Wildman–Crippen LogP) is 2.03. The second-order valence-corrected chi connectivity index (χ2v) is 6.01. The van der Waals surface area contributed by atoms with E-state index in [9.17, 15) is 0 Å². The molecule has 1 aliphatic heterocycles. The maximum Gasteiger partial charge on any atom is 0.0897 e. The van der Waals surface area contributed by atoms with Crippen molar-refractivity contribution in [2.45, 2.75) is 38.8 Å². The van der Waals surface area contributed by atoms with Gasteiger partial charge in [-0.15, -0.1) is 11.3 Å². The third-order valence-electron chi connectivity index (χ3n) is 3.62. The number of rotatable bonds is 3. The number of nitrogens with one attached hydrogen (secondary N) is 1. The quantitative estimate of drug-likeness (QED) is 0.875. The van der Waals surface area contributed by atoms with Gasteiger partial charge in [-0.2, -0.15) is 0 Å². The molecule has 1 aromatic rings. The smallest absolute Gasteiger partial charge is 0.0897 e. The van der Waals surface area contributed by atoms with Crippen LogP contribution in [0.2, 0.25) is 0 Å². The van der Waals surface area contributed by atoms with Crippen LogP contribution < -0.4 is 5.32 Å². The molecule has 0 radical (unpaired) electrons. The van der Waals surface area contributed by atoms with Gasteiger partial charge in [-0.1, -0.05) is 0 Å². The highest BCUT2D eigenvalue weighted by Crippen LogP contribution is 2.22. The zero-order chi connectivity index (χ0) is 11.6. The van der Waals surface area contributed by atoms with Gasteiger partial charge in [0.15, 0.2) is 0 Å². The first-order chi connectivity index (χ1) is 7.61. The third-order valence-corrected chi connectivity index (χ3v) is 4.44. The van der Waals surface area contributed by atoms with Gasteiger partial charge in [0.25, 0.3) is 0 Å². The molecule has 0 bridgehead atoms. The molecule has 1 fully saturated rings. The Morgan fingerprint density at radius 3 is 2.69 bits per heavy atom. The zero-order valence-electron chi connectivity index (χ0n) is 10.4. The Morgan fingerprint density at radius 2 is 2.19 bits per heavy atom. The molecule has 90 valence electrons. The molecule has 0 saturated carbocycles. The Kier molecular flexibility index (Phi) is 3.62. The SMILES string of the molecule is CNC1(C)CCN(Cc2csc(C)n2)CC1. The predicted molar refractivity (Wildman–Crippen MR) is 68.8 cm³/mol. The molecule has 0 aromatic carbocycles. The number of aromatic nitrogens is 1. The van der Waals surface area contributed by atoms with Crippen molar-refractivity contribution in [1.29, 1.82) is 0 Å². The Labute approximate surface area is 102 Å². The van der Waals surface area contributed by atoms with Crippen molar-refractivity contribution >= 4 is 11.3 Å². The highest BCUT2D eigenvalue weighted by molar-refractivity contribution is 7.09. The lowest BCUT2D eigenvalue weighted by Gasteiger charge is -2.39. The first-order valence-electron chi connectivity index (χ1n) is 5.94. The first kappa shape index (κ1) is 12.0. The molecule has 16 heavy (non-hydrogen) atoms. The highest BCUT2D eigenvalue weighted by Gasteiger charge is 2.28. The molecule has 1 N–H and O–H groups in total. The molecular weight excluding hydrogens is 218 g/mol. The van der Waals surface area contributed by atoms with Crippen LogP contribution in [0, 0.1) is 6.92 Å². The molecule has 1 aromatic heterocycles. The minimum absolute atomic E-state index is 0.342. The summed E-state index contributed by atoms with van der Waals surface area (Å²) in [7, 11) is 2.07. The van der Waals surface area contributed by atoms with Crippen molar-refractivity contribution < 1.29 is 0 Å².